The van der Waals surface area contributed by atoms with E-state index >= 15 is 0 Å². The number of carboxylic acids is 1. The van der Waals surface area contributed by atoms with Crippen LogP contribution in [0, 0.1) is 0 Å². The highest BCUT2D eigenvalue weighted by Gasteiger charge is 2.36. The van der Waals surface area contributed by atoms with Gasteiger partial charge in [0.15, 0.2) is 0 Å². The van der Waals surface area contributed by atoms with Crippen LogP contribution in [0.1, 0.15) is 21.7 Å². The minimum absolute atomic E-state index is 0.158. The maximum absolute atomic E-state index is 13.0. The molecule has 0 spiro atoms. The Morgan fingerprint density at radius 2 is 2.15 bits per heavy atom. The van der Waals surface area contributed by atoms with Crippen LogP contribution in [0.25, 0.3) is 5.69 Å². The van der Waals surface area contributed by atoms with Gasteiger partial charge in [-0.2, -0.15) is 5.10 Å². The van der Waals surface area contributed by atoms with E-state index in [-0.39, 0.29) is 13.0 Å². The Kier molecular flexibility index (Phi) is 4.11. The molecule has 0 saturated heterocycles. The molecule has 1 aromatic carbocycles. The molecule has 1 aliphatic rings. The molecule has 3 aromatic rings. The van der Waals surface area contributed by atoms with Gasteiger partial charge < -0.3 is 19.7 Å². The minimum atomic E-state index is -1.06. The van der Waals surface area contributed by atoms with E-state index in [9.17, 15) is 14.7 Å². The number of amides is 1. The van der Waals surface area contributed by atoms with Crippen LogP contribution in [0.3, 0.4) is 0 Å². The third-order valence-corrected chi connectivity index (χ3v) is 4.61. The predicted octanol–water partition coefficient (Wildman–Crippen LogP) is 1.26. The fraction of sp³-hybridized carbons (Fsp3) is 0.222. The third kappa shape index (κ3) is 2.92. The van der Waals surface area contributed by atoms with Gasteiger partial charge in [-0.25, -0.2) is 14.5 Å². The molecule has 3 heterocycles. The first-order chi connectivity index (χ1) is 13.1. The SMILES string of the molecule is COc1ccccc1-n1cc(C(=O)N2Cc3[nH]cnc3CC2C(=O)O)cn1. The summed E-state index contributed by atoms with van der Waals surface area (Å²) in [5.41, 5.74) is 2.41. The van der Waals surface area contributed by atoms with E-state index in [1.165, 1.54) is 22.1 Å². The smallest absolute Gasteiger partial charge is 0.326 e. The molecule has 27 heavy (non-hydrogen) atoms. The normalized spacial score (nSPS) is 16.0. The summed E-state index contributed by atoms with van der Waals surface area (Å²) < 4.78 is 6.85. The van der Waals surface area contributed by atoms with Crippen molar-refractivity contribution in [1.29, 1.82) is 0 Å². The number of aromatic amines is 1. The van der Waals surface area contributed by atoms with Crippen molar-refractivity contribution in [2.24, 2.45) is 0 Å². The molecule has 0 saturated carbocycles. The number of carbonyl (C=O) groups is 2. The summed E-state index contributed by atoms with van der Waals surface area (Å²) in [5.74, 6) is -0.846. The van der Waals surface area contributed by atoms with Gasteiger partial charge in [-0.15, -0.1) is 0 Å². The van der Waals surface area contributed by atoms with E-state index in [2.05, 4.69) is 15.1 Å². The number of H-pyrrole nitrogens is 1. The Morgan fingerprint density at radius 3 is 2.93 bits per heavy atom. The van der Waals surface area contributed by atoms with Crippen LogP contribution in [0.15, 0.2) is 43.0 Å². The maximum atomic E-state index is 13.0. The zero-order valence-electron chi connectivity index (χ0n) is 14.5. The van der Waals surface area contributed by atoms with Gasteiger partial charge in [-0.3, -0.25) is 4.79 Å². The molecule has 9 nitrogen and oxygen atoms in total. The van der Waals surface area contributed by atoms with Crippen LogP contribution in [0.2, 0.25) is 0 Å². The number of para-hydroxylation sites is 2. The molecular weight excluding hydrogens is 350 g/mol. The van der Waals surface area contributed by atoms with Gasteiger partial charge in [0.2, 0.25) is 0 Å². The molecule has 0 bridgehead atoms. The van der Waals surface area contributed by atoms with Gasteiger partial charge >= 0.3 is 5.97 Å². The molecule has 2 N–H and O–H groups in total. The van der Waals surface area contributed by atoms with Crippen LogP contribution in [-0.4, -0.2) is 54.8 Å². The highest BCUT2D eigenvalue weighted by molar-refractivity contribution is 5.96. The number of ether oxygens (including phenoxy) is 1. The van der Waals surface area contributed by atoms with Crippen LogP contribution >= 0.6 is 0 Å². The number of hydrogen-bond acceptors (Lipinski definition) is 5. The molecule has 1 unspecified atom stereocenters. The zero-order chi connectivity index (χ0) is 19.0. The Hall–Kier alpha value is -3.62. The van der Waals surface area contributed by atoms with Gasteiger partial charge in [0, 0.05) is 12.6 Å². The number of rotatable bonds is 4. The number of aliphatic carboxylic acids is 1. The van der Waals surface area contributed by atoms with Gasteiger partial charge in [-0.1, -0.05) is 12.1 Å². The topological polar surface area (TPSA) is 113 Å². The number of aromatic nitrogens is 4. The van der Waals surface area contributed by atoms with Crippen LogP contribution in [-0.2, 0) is 17.8 Å². The van der Waals surface area contributed by atoms with E-state index in [0.29, 0.717) is 22.7 Å². The van der Waals surface area contributed by atoms with Gasteiger partial charge in [0.25, 0.3) is 5.91 Å². The third-order valence-electron chi connectivity index (χ3n) is 4.61. The highest BCUT2D eigenvalue weighted by Crippen LogP contribution is 2.25. The van der Waals surface area contributed by atoms with Crippen molar-refractivity contribution in [1.82, 2.24) is 24.6 Å². The number of carboxylic acid groups (broad SMARTS) is 1. The van der Waals surface area contributed by atoms with Crippen molar-refractivity contribution in [2.45, 2.75) is 19.0 Å². The number of hydrogen-bond donors (Lipinski definition) is 2. The number of nitrogens with zero attached hydrogens (tertiary/aromatic N) is 4. The summed E-state index contributed by atoms with van der Waals surface area (Å²) in [6.07, 6.45) is 4.68. The molecule has 1 atom stereocenters. The zero-order valence-corrected chi connectivity index (χ0v) is 14.5. The fourth-order valence-corrected chi connectivity index (χ4v) is 3.22. The lowest BCUT2D eigenvalue weighted by molar-refractivity contribution is -0.142. The van der Waals surface area contributed by atoms with E-state index in [4.69, 9.17) is 4.74 Å². The van der Waals surface area contributed by atoms with Crippen LogP contribution in [0.5, 0.6) is 5.75 Å². The fourth-order valence-electron chi connectivity index (χ4n) is 3.22. The quantitative estimate of drug-likeness (QED) is 0.718. The lowest BCUT2D eigenvalue weighted by atomic mass is 10.0. The van der Waals surface area contributed by atoms with Gasteiger partial charge in [0.1, 0.15) is 17.5 Å². The molecule has 1 aliphatic heterocycles. The number of nitrogens with one attached hydrogen (secondary N) is 1. The number of fused-ring (bicyclic) bond motifs is 1. The second kappa shape index (κ2) is 6.60. The first-order valence-corrected chi connectivity index (χ1v) is 8.31. The van der Waals surface area contributed by atoms with Crippen molar-refractivity contribution in [3.63, 3.8) is 0 Å². The molecule has 138 valence electrons. The Bertz CT molecular complexity index is 1010. The summed E-state index contributed by atoms with van der Waals surface area (Å²) in [6, 6.07) is 6.32. The molecular formula is C18H17N5O4. The molecule has 9 heteroatoms. The van der Waals surface area contributed by atoms with Crippen molar-refractivity contribution in [2.75, 3.05) is 7.11 Å². The van der Waals surface area contributed by atoms with Crippen LogP contribution < -0.4 is 4.74 Å². The highest BCUT2D eigenvalue weighted by atomic mass is 16.5. The predicted molar refractivity (Wildman–Crippen MR) is 93.7 cm³/mol. The van der Waals surface area contributed by atoms with Crippen LogP contribution in [0.4, 0.5) is 0 Å². The van der Waals surface area contributed by atoms with Crippen molar-refractivity contribution in [3.8, 4) is 11.4 Å². The maximum Gasteiger partial charge on any atom is 0.326 e. The summed E-state index contributed by atoms with van der Waals surface area (Å²) in [7, 11) is 1.56. The molecule has 4 rings (SSSR count). The number of benzene rings is 1. The molecule has 1 amide bonds. The Labute approximate surface area is 154 Å². The molecule has 0 fully saturated rings. The summed E-state index contributed by atoms with van der Waals surface area (Å²) in [4.78, 5) is 33.1. The Morgan fingerprint density at radius 1 is 1.33 bits per heavy atom. The second-order valence-corrected chi connectivity index (χ2v) is 6.16. The lowest BCUT2D eigenvalue weighted by Gasteiger charge is -2.32. The Balaban J connectivity index is 1.65. The number of carbonyl (C=O) groups excluding carboxylic acids is 1. The van der Waals surface area contributed by atoms with Crippen molar-refractivity contribution < 1.29 is 19.4 Å². The molecule has 2 aromatic heterocycles. The minimum Gasteiger partial charge on any atom is -0.494 e. The van der Waals surface area contributed by atoms with E-state index in [0.717, 1.165) is 5.69 Å². The van der Waals surface area contributed by atoms with E-state index < -0.39 is 17.9 Å². The average Bonchev–Trinajstić information content (AvgIpc) is 3.35. The van der Waals surface area contributed by atoms with Crippen molar-refractivity contribution in [3.05, 3.63) is 59.9 Å². The summed E-state index contributed by atoms with van der Waals surface area (Å²) in [5, 5.41) is 13.8. The number of imidazole rings is 1. The summed E-state index contributed by atoms with van der Waals surface area (Å²) >= 11 is 0. The van der Waals surface area contributed by atoms with E-state index in [1.54, 1.807) is 19.4 Å². The van der Waals surface area contributed by atoms with Crippen molar-refractivity contribution >= 4 is 11.9 Å². The van der Waals surface area contributed by atoms with E-state index in [1.807, 2.05) is 18.2 Å². The monoisotopic (exact) mass is 367 g/mol. The van der Waals surface area contributed by atoms with Gasteiger partial charge in [-0.05, 0) is 12.1 Å². The first kappa shape index (κ1) is 16.8. The average molecular weight is 367 g/mol. The molecule has 0 aliphatic carbocycles. The standard InChI is InChI=1S/C18H17N5O4/c1-27-16-5-3-2-4-14(16)23-8-11(7-21-23)17(24)22-9-13-12(19-10-20-13)6-15(22)18(25)26/h2-5,7-8,10,15H,6,9H2,1H3,(H,19,20)(H,25,26). The lowest BCUT2D eigenvalue weighted by Crippen LogP contribution is -2.48. The summed E-state index contributed by atoms with van der Waals surface area (Å²) in [6.45, 7) is 0.158. The largest absolute Gasteiger partial charge is 0.494 e. The molecule has 0 radical (unpaired) electrons. The number of methoxy groups -OCH3 is 1. The van der Waals surface area contributed by atoms with Gasteiger partial charge in [0.05, 0.1) is 43.1 Å². The first-order valence-electron chi connectivity index (χ1n) is 8.31. The second-order valence-electron chi connectivity index (χ2n) is 6.16.